The molecule has 2 aromatic rings. The summed E-state index contributed by atoms with van der Waals surface area (Å²) in [5.74, 6) is 5.73. The summed E-state index contributed by atoms with van der Waals surface area (Å²) in [6.45, 7) is 0.0293. The van der Waals surface area contributed by atoms with Crippen LogP contribution in [0.1, 0.15) is 0 Å². The largest absolute Gasteiger partial charge is 0.468 e. The molecule has 1 aromatic carbocycles. The lowest BCUT2D eigenvalue weighted by Gasteiger charge is -2.09. The van der Waals surface area contributed by atoms with E-state index in [9.17, 15) is 4.79 Å². The number of rotatable bonds is 4. The average Bonchev–Trinajstić information content (AvgIpc) is 2.43. The van der Waals surface area contributed by atoms with Crippen molar-refractivity contribution in [2.75, 3.05) is 24.4 Å². The summed E-state index contributed by atoms with van der Waals surface area (Å²) in [5, 5.41) is 3.70. The van der Waals surface area contributed by atoms with Crippen LogP contribution >= 0.6 is 0 Å². The number of anilines is 2. The van der Waals surface area contributed by atoms with Crippen LogP contribution in [0.15, 0.2) is 24.3 Å². The van der Waals surface area contributed by atoms with Gasteiger partial charge in [-0.1, -0.05) is 12.1 Å². The summed E-state index contributed by atoms with van der Waals surface area (Å²) < 4.78 is 4.56. The number of carbonyl (C=O) groups excluding carboxylic acids is 1. The van der Waals surface area contributed by atoms with E-state index < -0.39 is 0 Å². The van der Waals surface area contributed by atoms with Crippen LogP contribution in [0.4, 0.5) is 11.8 Å². The highest BCUT2D eigenvalue weighted by atomic mass is 16.5. The van der Waals surface area contributed by atoms with E-state index in [1.165, 1.54) is 7.11 Å². The van der Waals surface area contributed by atoms with Gasteiger partial charge in [0.25, 0.3) is 0 Å². The van der Waals surface area contributed by atoms with Crippen LogP contribution in [-0.2, 0) is 9.53 Å². The molecule has 94 valence electrons. The van der Waals surface area contributed by atoms with Gasteiger partial charge in [-0.2, -0.15) is 4.98 Å². The minimum absolute atomic E-state index is 0.0293. The smallest absolute Gasteiger partial charge is 0.325 e. The molecule has 0 bridgehead atoms. The molecule has 0 spiro atoms. The van der Waals surface area contributed by atoms with Gasteiger partial charge in [0, 0.05) is 5.39 Å². The number of nitrogens with two attached hydrogens (primary N) is 1. The van der Waals surface area contributed by atoms with Gasteiger partial charge in [0.2, 0.25) is 5.95 Å². The maximum atomic E-state index is 11.1. The Morgan fingerprint density at radius 3 is 2.89 bits per heavy atom. The van der Waals surface area contributed by atoms with Gasteiger partial charge < -0.3 is 10.1 Å². The predicted molar refractivity (Wildman–Crippen MR) is 67.9 cm³/mol. The third kappa shape index (κ3) is 2.46. The van der Waals surface area contributed by atoms with Crippen molar-refractivity contribution in [1.29, 1.82) is 0 Å². The van der Waals surface area contributed by atoms with E-state index in [2.05, 4.69) is 25.4 Å². The fourth-order valence-electron chi connectivity index (χ4n) is 1.50. The molecule has 0 atom stereocenters. The summed E-state index contributed by atoms with van der Waals surface area (Å²) in [7, 11) is 1.33. The predicted octanol–water partition coefficient (Wildman–Crippen LogP) is 0.500. The lowest BCUT2D eigenvalue weighted by Crippen LogP contribution is -2.17. The van der Waals surface area contributed by atoms with Gasteiger partial charge in [0.15, 0.2) is 0 Å². The highest BCUT2D eigenvalue weighted by molar-refractivity contribution is 5.91. The lowest BCUT2D eigenvalue weighted by molar-refractivity contribution is -0.138. The van der Waals surface area contributed by atoms with Crippen LogP contribution < -0.4 is 16.6 Å². The van der Waals surface area contributed by atoms with Crippen molar-refractivity contribution in [2.45, 2.75) is 0 Å². The number of nitrogen functional groups attached to an aromatic ring is 1. The molecule has 0 aliphatic carbocycles. The summed E-state index contributed by atoms with van der Waals surface area (Å²) in [6.07, 6.45) is 0. The van der Waals surface area contributed by atoms with Crippen LogP contribution in [0.25, 0.3) is 10.9 Å². The average molecular weight is 247 g/mol. The number of esters is 1. The van der Waals surface area contributed by atoms with E-state index in [-0.39, 0.29) is 18.5 Å². The first-order valence-corrected chi connectivity index (χ1v) is 5.28. The molecule has 2 rings (SSSR count). The first kappa shape index (κ1) is 12.1. The fourth-order valence-corrected chi connectivity index (χ4v) is 1.50. The second-order valence-electron chi connectivity index (χ2n) is 3.49. The Balaban J connectivity index is 2.37. The van der Waals surface area contributed by atoms with Crippen LogP contribution in [0, 0.1) is 0 Å². The van der Waals surface area contributed by atoms with E-state index in [0.29, 0.717) is 5.82 Å². The summed E-state index contributed by atoms with van der Waals surface area (Å²) in [4.78, 5) is 19.5. The third-order valence-corrected chi connectivity index (χ3v) is 2.36. The van der Waals surface area contributed by atoms with Crippen molar-refractivity contribution in [1.82, 2.24) is 9.97 Å². The SMILES string of the molecule is COC(=O)CNc1nc(NN)nc2ccccc12. The second-order valence-corrected chi connectivity index (χ2v) is 3.49. The normalized spacial score (nSPS) is 10.1. The maximum Gasteiger partial charge on any atom is 0.325 e. The van der Waals surface area contributed by atoms with Gasteiger partial charge in [-0.3, -0.25) is 10.2 Å². The fraction of sp³-hybridized carbons (Fsp3) is 0.182. The monoisotopic (exact) mass is 247 g/mol. The van der Waals surface area contributed by atoms with Crippen LogP contribution in [-0.4, -0.2) is 29.6 Å². The second kappa shape index (κ2) is 5.28. The number of ether oxygens (including phenoxy) is 1. The van der Waals surface area contributed by atoms with Crippen molar-refractivity contribution >= 4 is 28.6 Å². The van der Waals surface area contributed by atoms with Crippen LogP contribution in [0.5, 0.6) is 0 Å². The highest BCUT2D eigenvalue weighted by Crippen LogP contribution is 2.21. The Hall–Kier alpha value is -2.41. The zero-order valence-corrected chi connectivity index (χ0v) is 9.80. The number of methoxy groups -OCH3 is 1. The minimum Gasteiger partial charge on any atom is -0.468 e. The van der Waals surface area contributed by atoms with Crippen molar-refractivity contribution in [3.05, 3.63) is 24.3 Å². The van der Waals surface area contributed by atoms with Crippen LogP contribution in [0.2, 0.25) is 0 Å². The lowest BCUT2D eigenvalue weighted by atomic mass is 10.2. The van der Waals surface area contributed by atoms with Gasteiger partial charge >= 0.3 is 5.97 Å². The molecule has 0 saturated carbocycles. The number of carbonyl (C=O) groups is 1. The molecule has 0 amide bonds. The first-order chi connectivity index (χ1) is 8.74. The van der Waals surface area contributed by atoms with E-state index in [1.807, 2.05) is 24.3 Å². The van der Waals surface area contributed by atoms with E-state index >= 15 is 0 Å². The van der Waals surface area contributed by atoms with Crippen molar-refractivity contribution in [2.24, 2.45) is 5.84 Å². The van der Waals surface area contributed by atoms with Gasteiger partial charge in [-0.05, 0) is 12.1 Å². The zero-order valence-electron chi connectivity index (χ0n) is 9.80. The van der Waals surface area contributed by atoms with E-state index in [4.69, 9.17) is 5.84 Å². The maximum absolute atomic E-state index is 11.1. The molecular weight excluding hydrogens is 234 g/mol. The van der Waals surface area contributed by atoms with E-state index in [0.717, 1.165) is 10.9 Å². The number of benzene rings is 1. The molecule has 7 nitrogen and oxygen atoms in total. The number of nitrogens with one attached hydrogen (secondary N) is 2. The molecule has 0 saturated heterocycles. The number of hydrogen-bond donors (Lipinski definition) is 3. The van der Waals surface area contributed by atoms with Crippen LogP contribution in [0.3, 0.4) is 0 Å². The molecule has 0 unspecified atom stereocenters. The Labute approximate surface area is 103 Å². The van der Waals surface area contributed by atoms with Crippen molar-refractivity contribution in [3.63, 3.8) is 0 Å². The quantitative estimate of drug-likeness (QED) is 0.410. The topological polar surface area (TPSA) is 102 Å². The molecular formula is C11H13N5O2. The molecule has 0 aliphatic heterocycles. The number of nitrogens with zero attached hydrogens (tertiary/aromatic N) is 2. The molecule has 0 aliphatic rings. The molecule has 7 heteroatoms. The van der Waals surface area contributed by atoms with Crippen molar-refractivity contribution in [3.8, 4) is 0 Å². The first-order valence-electron chi connectivity index (χ1n) is 5.28. The Bertz CT molecular complexity index is 572. The van der Waals surface area contributed by atoms with Gasteiger partial charge in [-0.15, -0.1) is 0 Å². The van der Waals surface area contributed by atoms with Gasteiger partial charge in [-0.25, -0.2) is 10.8 Å². The number of fused-ring (bicyclic) bond motifs is 1. The van der Waals surface area contributed by atoms with Gasteiger partial charge in [0.1, 0.15) is 12.4 Å². The minimum atomic E-state index is -0.375. The Morgan fingerprint density at radius 2 is 2.17 bits per heavy atom. The molecule has 0 radical (unpaired) electrons. The standard InChI is InChI=1S/C11H13N5O2/c1-18-9(17)6-13-10-7-4-2-3-5-8(7)14-11(15-10)16-12/h2-5H,6,12H2,1H3,(H2,13,14,15,16). The van der Waals surface area contributed by atoms with Gasteiger partial charge in [0.05, 0.1) is 12.6 Å². The number of aromatic nitrogens is 2. The van der Waals surface area contributed by atoms with E-state index in [1.54, 1.807) is 0 Å². The third-order valence-electron chi connectivity index (χ3n) is 2.36. The summed E-state index contributed by atoms with van der Waals surface area (Å²) in [6, 6.07) is 7.42. The summed E-state index contributed by atoms with van der Waals surface area (Å²) in [5.41, 5.74) is 3.11. The zero-order chi connectivity index (χ0) is 13.0. The van der Waals surface area contributed by atoms with Crippen molar-refractivity contribution < 1.29 is 9.53 Å². The Kier molecular flexibility index (Phi) is 3.54. The molecule has 1 heterocycles. The highest BCUT2D eigenvalue weighted by Gasteiger charge is 2.08. The molecule has 18 heavy (non-hydrogen) atoms. The Morgan fingerprint density at radius 1 is 1.39 bits per heavy atom. The number of hydrazine groups is 1. The summed E-state index contributed by atoms with van der Waals surface area (Å²) >= 11 is 0. The number of para-hydroxylation sites is 1. The molecule has 0 fully saturated rings. The number of hydrogen-bond acceptors (Lipinski definition) is 7. The molecule has 1 aromatic heterocycles. The molecule has 4 N–H and O–H groups in total.